The summed E-state index contributed by atoms with van der Waals surface area (Å²) in [6.45, 7) is 3.44. The molecule has 2 rings (SSSR count). The summed E-state index contributed by atoms with van der Waals surface area (Å²) in [5, 5.41) is 11.4. The number of nitrogens with two attached hydrogens (primary N) is 1. The maximum absolute atomic E-state index is 5.41. The largest absolute Gasteiger partial charge is 0.367 e. The smallest absolute Gasteiger partial charge is 0.148 e. The summed E-state index contributed by atoms with van der Waals surface area (Å²) in [7, 11) is 0. The molecular weight excluding hydrogens is 224 g/mol. The number of aromatic nitrogens is 2. The van der Waals surface area contributed by atoms with Gasteiger partial charge in [0.05, 0.1) is 5.69 Å². The maximum atomic E-state index is 5.41. The third-order valence-corrected chi connectivity index (χ3v) is 2.77. The number of nitrogens with one attached hydrogen (secondary N) is 1. The van der Waals surface area contributed by atoms with Gasteiger partial charge in [-0.25, -0.2) is 0 Å². The predicted molar refractivity (Wildman–Crippen MR) is 74.4 cm³/mol. The van der Waals surface area contributed by atoms with Gasteiger partial charge < -0.3 is 11.1 Å². The molecule has 1 aromatic carbocycles. The summed E-state index contributed by atoms with van der Waals surface area (Å²) in [6.07, 6.45) is 1.05. The lowest BCUT2D eigenvalue weighted by Gasteiger charge is -2.04. The molecule has 1 heterocycles. The Morgan fingerprint density at radius 2 is 1.83 bits per heavy atom. The Labute approximate surface area is 107 Å². The molecule has 18 heavy (non-hydrogen) atoms. The summed E-state index contributed by atoms with van der Waals surface area (Å²) >= 11 is 0. The molecule has 94 valence electrons. The third-order valence-electron chi connectivity index (χ3n) is 2.77. The monoisotopic (exact) mass is 242 g/mol. The van der Waals surface area contributed by atoms with Crippen molar-refractivity contribution in [2.24, 2.45) is 5.73 Å². The third kappa shape index (κ3) is 3.05. The molecule has 1 aromatic heterocycles. The molecule has 0 aliphatic carbocycles. The van der Waals surface area contributed by atoms with E-state index in [1.54, 1.807) is 0 Å². The number of anilines is 1. The van der Waals surface area contributed by atoms with Gasteiger partial charge in [0.25, 0.3) is 0 Å². The van der Waals surface area contributed by atoms with Crippen molar-refractivity contribution in [3.63, 3.8) is 0 Å². The zero-order valence-electron chi connectivity index (χ0n) is 10.6. The highest BCUT2D eigenvalue weighted by molar-refractivity contribution is 5.59. The van der Waals surface area contributed by atoms with Gasteiger partial charge in [-0.05, 0) is 24.1 Å². The predicted octanol–water partition coefficient (Wildman–Crippen LogP) is 2.08. The molecule has 0 aliphatic rings. The average molecular weight is 242 g/mol. The molecule has 0 radical (unpaired) electrons. The molecule has 0 saturated heterocycles. The molecule has 0 bridgehead atoms. The fourth-order valence-electron chi connectivity index (χ4n) is 1.69. The van der Waals surface area contributed by atoms with Crippen LogP contribution in [0.5, 0.6) is 0 Å². The van der Waals surface area contributed by atoms with Gasteiger partial charge in [0.1, 0.15) is 5.82 Å². The van der Waals surface area contributed by atoms with E-state index in [4.69, 9.17) is 5.73 Å². The highest BCUT2D eigenvalue weighted by atomic mass is 15.2. The van der Waals surface area contributed by atoms with Gasteiger partial charge in [0, 0.05) is 18.7 Å². The van der Waals surface area contributed by atoms with E-state index in [-0.39, 0.29) is 0 Å². The Balaban J connectivity index is 2.12. The van der Waals surface area contributed by atoms with Crippen molar-refractivity contribution in [3.05, 3.63) is 42.0 Å². The highest BCUT2D eigenvalue weighted by Crippen LogP contribution is 2.17. The summed E-state index contributed by atoms with van der Waals surface area (Å²) < 4.78 is 0. The number of nitrogens with zero attached hydrogens (tertiary/aromatic N) is 2. The first-order valence-electron chi connectivity index (χ1n) is 6.20. The fourth-order valence-corrected chi connectivity index (χ4v) is 1.69. The number of aryl methyl sites for hydroxylation is 1. The minimum Gasteiger partial charge on any atom is -0.367 e. The first kappa shape index (κ1) is 12.5. The zero-order valence-corrected chi connectivity index (χ0v) is 10.6. The first-order chi connectivity index (χ1) is 8.83. The van der Waals surface area contributed by atoms with Crippen LogP contribution in [0, 0.1) is 0 Å². The molecule has 0 unspecified atom stereocenters. The van der Waals surface area contributed by atoms with Crippen LogP contribution in [0.3, 0.4) is 0 Å². The molecule has 0 atom stereocenters. The molecule has 0 fully saturated rings. The van der Waals surface area contributed by atoms with Crippen molar-refractivity contribution in [1.29, 1.82) is 0 Å². The van der Waals surface area contributed by atoms with Crippen molar-refractivity contribution in [3.8, 4) is 11.3 Å². The SMILES string of the molecule is CCc1ccc(-c2ccc(NCCN)nn2)cc1. The molecule has 0 saturated carbocycles. The highest BCUT2D eigenvalue weighted by Gasteiger charge is 2.00. The Kier molecular flexibility index (Phi) is 4.25. The van der Waals surface area contributed by atoms with Crippen LogP contribution in [-0.2, 0) is 6.42 Å². The van der Waals surface area contributed by atoms with E-state index in [1.807, 2.05) is 12.1 Å². The maximum Gasteiger partial charge on any atom is 0.148 e. The summed E-state index contributed by atoms with van der Waals surface area (Å²) in [4.78, 5) is 0. The molecule has 0 amide bonds. The van der Waals surface area contributed by atoms with Gasteiger partial charge in [-0.3, -0.25) is 0 Å². The fraction of sp³-hybridized carbons (Fsp3) is 0.286. The number of hydrogen-bond donors (Lipinski definition) is 2. The van der Waals surface area contributed by atoms with Gasteiger partial charge in [0.2, 0.25) is 0 Å². The van der Waals surface area contributed by atoms with Crippen molar-refractivity contribution in [2.75, 3.05) is 18.4 Å². The van der Waals surface area contributed by atoms with Gasteiger partial charge in [0.15, 0.2) is 0 Å². The van der Waals surface area contributed by atoms with Crippen molar-refractivity contribution < 1.29 is 0 Å². The van der Waals surface area contributed by atoms with Gasteiger partial charge in [-0.2, -0.15) is 0 Å². The van der Waals surface area contributed by atoms with Crippen LogP contribution in [-0.4, -0.2) is 23.3 Å². The van der Waals surface area contributed by atoms with Crippen LogP contribution >= 0.6 is 0 Å². The normalized spacial score (nSPS) is 10.3. The van der Waals surface area contributed by atoms with Gasteiger partial charge in [-0.15, -0.1) is 10.2 Å². The second-order valence-corrected chi connectivity index (χ2v) is 4.07. The van der Waals surface area contributed by atoms with Crippen LogP contribution < -0.4 is 11.1 Å². The topological polar surface area (TPSA) is 63.8 Å². The van der Waals surface area contributed by atoms with E-state index in [2.05, 4.69) is 46.7 Å². The Hall–Kier alpha value is -1.94. The van der Waals surface area contributed by atoms with Crippen LogP contribution in [0.4, 0.5) is 5.82 Å². The van der Waals surface area contributed by atoms with Crippen molar-refractivity contribution >= 4 is 5.82 Å². The van der Waals surface area contributed by atoms with E-state index >= 15 is 0 Å². The van der Waals surface area contributed by atoms with E-state index in [0.717, 1.165) is 23.5 Å². The second-order valence-electron chi connectivity index (χ2n) is 4.07. The zero-order chi connectivity index (χ0) is 12.8. The van der Waals surface area contributed by atoms with Crippen LogP contribution in [0.2, 0.25) is 0 Å². The number of benzene rings is 1. The second kappa shape index (κ2) is 6.12. The lowest BCUT2D eigenvalue weighted by atomic mass is 10.1. The molecule has 0 spiro atoms. The van der Waals surface area contributed by atoms with Crippen molar-refractivity contribution in [2.45, 2.75) is 13.3 Å². The molecule has 0 aliphatic heterocycles. The van der Waals surface area contributed by atoms with Crippen LogP contribution in [0.25, 0.3) is 11.3 Å². The van der Waals surface area contributed by atoms with Crippen molar-refractivity contribution in [1.82, 2.24) is 10.2 Å². The Morgan fingerprint density at radius 1 is 1.06 bits per heavy atom. The van der Waals surface area contributed by atoms with E-state index in [9.17, 15) is 0 Å². The van der Waals surface area contributed by atoms with E-state index < -0.39 is 0 Å². The van der Waals surface area contributed by atoms with Crippen LogP contribution in [0.15, 0.2) is 36.4 Å². The molecule has 4 nitrogen and oxygen atoms in total. The standard InChI is InChI=1S/C14H18N4/c1-2-11-3-5-12(6-4-11)13-7-8-14(18-17-13)16-10-9-15/h3-8H,2,9-10,15H2,1H3,(H,16,18). The van der Waals surface area contributed by atoms with Crippen LogP contribution in [0.1, 0.15) is 12.5 Å². The quantitative estimate of drug-likeness (QED) is 0.842. The minimum absolute atomic E-state index is 0.585. The summed E-state index contributed by atoms with van der Waals surface area (Å²) in [5.41, 5.74) is 8.71. The number of rotatable bonds is 5. The van der Waals surface area contributed by atoms with Gasteiger partial charge >= 0.3 is 0 Å². The Morgan fingerprint density at radius 3 is 2.39 bits per heavy atom. The first-order valence-corrected chi connectivity index (χ1v) is 6.20. The lowest BCUT2D eigenvalue weighted by Crippen LogP contribution is -2.14. The minimum atomic E-state index is 0.585. The van der Waals surface area contributed by atoms with Gasteiger partial charge in [-0.1, -0.05) is 31.2 Å². The summed E-state index contributed by atoms with van der Waals surface area (Å²) in [6, 6.07) is 12.3. The molecule has 2 aromatic rings. The van der Waals surface area contributed by atoms with E-state index in [1.165, 1.54) is 5.56 Å². The summed E-state index contributed by atoms with van der Waals surface area (Å²) in [5.74, 6) is 0.759. The number of hydrogen-bond acceptors (Lipinski definition) is 4. The Bertz CT molecular complexity index is 476. The lowest BCUT2D eigenvalue weighted by molar-refractivity contribution is 0.974. The van der Waals surface area contributed by atoms with E-state index in [0.29, 0.717) is 13.1 Å². The molecular formula is C14H18N4. The molecule has 3 N–H and O–H groups in total. The average Bonchev–Trinajstić information content (AvgIpc) is 2.46. The molecule has 4 heteroatoms.